The van der Waals surface area contributed by atoms with Crippen molar-refractivity contribution in [3.05, 3.63) is 29.8 Å². The van der Waals surface area contributed by atoms with Gasteiger partial charge in [-0.05, 0) is 38.6 Å². The fourth-order valence-electron chi connectivity index (χ4n) is 4.39. The van der Waals surface area contributed by atoms with Crippen molar-refractivity contribution in [3.8, 4) is 6.07 Å². The summed E-state index contributed by atoms with van der Waals surface area (Å²) in [6, 6.07) is 4.40. The van der Waals surface area contributed by atoms with Crippen LogP contribution in [0.25, 0.3) is 0 Å². The maximum absolute atomic E-state index is 13.0. The third-order valence-electron chi connectivity index (χ3n) is 6.19. The molecule has 10 nitrogen and oxygen atoms in total. The molecule has 2 aromatic heterocycles. The number of aromatic nitrogens is 4. The van der Waals surface area contributed by atoms with Crippen LogP contribution < -0.4 is 21.3 Å². The lowest BCUT2D eigenvalue weighted by atomic mass is 9.95. The minimum Gasteiger partial charge on any atom is -0.383 e. The molecule has 1 atom stereocenters. The van der Waals surface area contributed by atoms with Crippen LogP contribution in [0.15, 0.2) is 18.5 Å². The van der Waals surface area contributed by atoms with E-state index in [-0.39, 0.29) is 17.6 Å². The molecule has 2 aromatic rings. The van der Waals surface area contributed by atoms with E-state index in [4.69, 9.17) is 5.26 Å². The van der Waals surface area contributed by atoms with Gasteiger partial charge in [-0.3, -0.25) is 4.79 Å². The molecule has 1 aliphatic heterocycles. The number of piperidine rings is 1. The Morgan fingerprint density at radius 2 is 1.91 bits per heavy atom. The SMILES string of the molecule is N#Cc1cnc(Nc2cc(NCCC3CCCCN3)c(C(=O)NC3CCCCC3)nn2)cn1. The first-order chi connectivity index (χ1) is 16.2. The summed E-state index contributed by atoms with van der Waals surface area (Å²) >= 11 is 0. The fourth-order valence-corrected chi connectivity index (χ4v) is 4.39. The maximum Gasteiger partial charge on any atom is 0.274 e. The molecule has 0 spiro atoms. The number of anilines is 3. The van der Waals surface area contributed by atoms with Crippen LogP contribution in [-0.4, -0.2) is 51.2 Å². The van der Waals surface area contributed by atoms with E-state index >= 15 is 0 Å². The lowest BCUT2D eigenvalue weighted by Crippen LogP contribution is -2.37. The van der Waals surface area contributed by atoms with Crippen molar-refractivity contribution in [1.82, 2.24) is 30.8 Å². The largest absolute Gasteiger partial charge is 0.383 e. The van der Waals surface area contributed by atoms with Crippen molar-refractivity contribution in [3.63, 3.8) is 0 Å². The lowest BCUT2D eigenvalue weighted by Gasteiger charge is -2.24. The van der Waals surface area contributed by atoms with E-state index in [1.807, 2.05) is 6.07 Å². The molecule has 4 N–H and O–H groups in total. The lowest BCUT2D eigenvalue weighted by molar-refractivity contribution is 0.0922. The molecule has 33 heavy (non-hydrogen) atoms. The van der Waals surface area contributed by atoms with Gasteiger partial charge in [0.15, 0.2) is 17.2 Å². The summed E-state index contributed by atoms with van der Waals surface area (Å²) in [5.74, 6) is 0.694. The highest BCUT2D eigenvalue weighted by Gasteiger charge is 2.21. The number of carbonyl (C=O) groups excluding carboxylic acids is 1. The van der Waals surface area contributed by atoms with Crippen molar-refractivity contribution in [2.75, 3.05) is 23.7 Å². The Hall–Kier alpha value is -3.32. The highest BCUT2D eigenvalue weighted by molar-refractivity contribution is 5.98. The molecule has 1 saturated heterocycles. The normalized spacial score (nSPS) is 18.8. The van der Waals surface area contributed by atoms with Crippen molar-refractivity contribution in [1.29, 1.82) is 5.26 Å². The summed E-state index contributed by atoms with van der Waals surface area (Å²) in [5, 5.41) is 30.4. The van der Waals surface area contributed by atoms with Crippen LogP contribution in [0.3, 0.4) is 0 Å². The Labute approximate surface area is 194 Å². The quantitative estimate of drug-likeness (QED) is 0.479. The molecule has 10 heteroatoms. The number of amides is 1. The maximum atomic E-state index is 13.0. The van der Waals surface area contributed by atoms with Gasteiger partial charge in [-0.25, -0.2) is 9.97 Å². The Kier molecular flexibility index (Phi) is 7.98. The number of nitriles is 1. The van der Waals surface area contributed by atoms with Crippen LogP contribution in [0.1, 0.15) is 74.0 Å². The van der Waals surface area contributed by atoms with E-state index in [1.165, 1.54) is 38.1 Å². The minimum absolute atomic E-state index is 0.194. The zero-order valence-electron chi connectivity index (χ0n) is 18.8. The van der Waals surface area contributed by atoms with Gasteiger partial charge in [0, 0.05) is 24.7 Å². The first kappa shape index (κ1) is 22.9. The molecular formula is C23H31N9O. The highest BCUT2D eigenvalue weighted by atomic mass is 16.2. The molecule has 1 unspecified atom stereocenters. The summed E-state index contributed by atoms with van der Waals surface area (Å²) < 4.78 is 0. The van der Waals surface area contributed by atoms with E-state index in [0.717, 1.165) is 45.2 Å². The van der Waals surface area contributed by atoms with Crippen molar-refractivity contribution in [2.24, 2.45) is 0 Å². The first-order valence-corrected chi connectivity index (χ1v) is 11.9. The highest BCUT2D eigenvalue weighted by Crippen LogP contribution is 2.22. The standard InChI is InChI=1S/C23H31N9O/c24-13-18-14-28-21(15-27-18)30-20-12-19(26-11-9-16-6-4-5-10-25-16)22(32-31-20)23(33)29-17-7-2-1-3-8-17/h12,14-17,25H,1-11H2,(H,29,33)(H2,26,28,30,31). The summed E-state index contributed by atoms with van der Waals surface area (Å²) in [4.78, 5) is 21.2. The van der Waals surface area contributed by atoms with E-state index in [0.29, 0.717) is 29.1 Å². The molecule has 2 fully saturated rings. The van der Waals surface area contributed by atoms with E-state index in [1.54, 1.807) is 6.07 Å². The van der Waals surface area contributed by atoms with Gasteiger partial charge in [-0.2, -0.15) is 5.26 Å². The van der Waals surface area contributed by atoms with Crippen LogP contribution in [0.5, 0.6) is 0 Å². The van der Waals surface area contributed by atoms with Crippen LogP contribution in [-0.2, 0) is 0 Å². The summed E-state index contributed by atoms with van der Waals surface area (Å²) in [6.45, 7) is 1.79. The molecule has 0 bridgehead atoms. The van der Waals surface area contributed by atoms with Crippen molar-refractivity contribution < 1.29 is 4.79 Å². The first-order valence-electron chi connectivity index (χ1n) is 11.9. The number of hydrogen-bond donors (Lipinski definition) is 4. The Morgan fingerprint density at radius 1 is 1.06 bits per heavy atom. The Bertz CT molecular complexity index is 961. The number of hydrogen-bond acceptors (Lipinski definition) is 9. The van der Waals surface area contributed by atoms with Gasteiger partial charge in [0.25, 0.3) is 5.91 Å². The predicted octanol–water partition coefficient (Wildman–Crippen LogP) is 2.89. The van der Waals surface area contributed by atoms with E-state index < -0.39 is 0 Å². The molecule has 4 rings (SSSR count). The second kappa shape index (κ2) is 11.5. The number of nitrogens with zero attached hydrogens (tertiary/aromatic N) is 5. The Morgan fingerprint density at radius 3 is 2.64 bits per heavy atom. The third kappa shape index (κ3) is 6.58. The van der Waals surface area contributed by atoms with Gasteiger partial charge >= 0.3 is 0 Å². The number of nitrogens with one attached hydrogen (secondary N) is 4. The third-order valence-corrected chi connectivity index (χ3v) is 6.19. The van der Waals surface area contributed by atoms with Gasteiger partial charge in [-0.15, -0.1) is 10.2 Å². The molecule has 1 saturated carbocycles. The van der Waals surface area contributed by atoms with E-state index in [2.05, 4.69) is 41.4 Å². The molecule has 1 aliphatic carbocycles. The van der Waals surface area contributed by atoms with Gasteiger partial charge in [0.2, 0.25) is 0 Å². The summed E-state index contributed by atoms with van der Waals surface area (Å²) in [7, 11) is 0. The fraction of sp³-hybridized carbons (Fsp3) is 0.565. The molecule has 174 valence electrons. The smallest absolute Gasteiger partial charge is 0.274 e. The monoisotopic (exact) mass is 449 g/mol. The molecular weight excluding hydrogens is 418 g/mol. The average Bonchev–Trinajstić information content (AvgIpc) is 2.86. The van der Waals surface area contributed by atoms with Gasteiger partial charge in [-0.1, -0.05) is 25.7 Å². The van der Waals surface area contributed by atoms with Crippen molar-refractivity contribution in [2.45, 2.75) is 69.9 Å². The zero-order chi connectivity index (χ0) is 22.9. The molecule has 0 radical (unpaired) electrons. The van der Waals surface area contributed by atoms with Crippen LogP contribution >= 0.6 is 0 Å². The summed E-state index contributed by atoms with van der Waals surface area (Å²) in [5.41, 5.74) is 1.17. The second-order valence-corrected chi connectivity index (χ2v) is 8.69. The van der Waals surface area contributed by atoms with Gasteiger partial charge in [0.05, 0.1) is 18.1 Å². The minimum atomic E-state index is -0.197. The molecule has 0 aromatic carbocycles. The van der Waals surface area contributed by atoms with Crippen LogP contribution in [0.2, 0.25) is 0 Å². The van der Waals surface area contributed by atoms with Gasteiger partial charge in [0.1, 0.15) is 11.9 Å². The van der Waals surface area contributed by atoms with E-state index in [9.17, 15) is 4.79 Å². The number of rotatable bonds is 8. The molecule has 3 heterocycles. The molecule has 1 amide bonds. The average molecular weight is 450 g/mol. The van der Waals surface area contributed by atoms with Crippen molar-refractivity contribution >= 4 is 23.2 Å². The van der Waals surface area contributed by atoms with Crippen LogP contribution in [0.4, 0.5) is 17.3 Å². The Balaban J connectivity index is 1.46. The summed E-state index contributed by atoms with van der Waals surface area (Å²) in [6.07, 6.45) is 13.0. The second-order valence-electron chi connectivity index (χ2n) is 8.69. The molecule has 2 aliphatic rings. The van der Waals surface area contributed by atoms with Crippen LogP contribution in [0, 0.1) is 11.3 Å². The van der Waals surface area contributed by atoms with Gasteiger partial charge < -0.3 is 21.3 Å². The zero-order valence-corrected chi connectivity index (χ0v) is 18.8. The topological polar surface area (TPSA) is 141 Å². The number of carbonyl (C=O) groups is 1. The predicted molar refractivity (Wildman–Crippen MR) is 125 cm³/mol.